The van der Waals surface area contributed by atoms with Crippen molar-refractivity contribution in [3.05, 3.63) is 71.4 Å². The Hall–Kier alpha value is -3.49. The Morgan fingerprint density at radius 2 is 1.73 bits per heavy atom. The molecular weight excluding hydrogens is 484 g/mol. The number of imidazole rings is 1. The van der Waals surface area contributed by atoms with Crippen molar-refractivity contribution < 1.29 is 22.4 Å². The zero-order chi connectivity index (χ0) is 25.9. The van der Waals surface area contributed by atoms with E-state index in [1.54, 1.807) is 29.0 Å². The number of nitrogens with two attached hydrogens (primary N) is 1. The number of nitrogens with zero attached hydrogens (tertiary/aromatic N) is 3. The van der Waals surface area contributed by atoms with Crippen molar-refractivity contribution in [2.75, 3.05) is 0 Å². The summed E-state index contributed by atoms with van der Waals surface area (Å²) in [6.45, 7) is 0. The fourth-order valence-corrected chi connectivity index (χ4v) is 6.09. The molecular formula is C28H26F4N4O. The summed E-state index contributed by atoms with van der Waals surface area (Å²) >= 11 is 0. The molecule has 2 aromatic carbocycles. The molecule has 9 heteroatoms. The largest absolute Gasteiger partial charge is 0.399 e. The second-order valence-corrected chi connectivity index (χ2v) is 10.3. The second-order valence-electron chi connectivity index (χ2n) is 10.3. The molecule has 0 spiro atoms. The van der Waals surface area contributed by atoms with Crippen LogP contribution in [0.4, 0.5) is 17.6 Å². The van der Waals surface area contributed by atoms with E-state index in [9.17, 15) is 22.4 Å². The molecule has 1 amide bonds. The molecule has 2 N–H and O–H groups in total. The average Bonchev–Trinajstić information content (AvgIpc) is 3.63. The smallest absolute Gasteiger partial charge is 0.366 e. The van der Waals surface area contributed by atoms with Crippen LogP contribution in [0.25, 0.3) is 21.9 Å². The number of halogens is 4. The van der Waals surface area contributed by atoms with Crippen molar-refractivity contribution in [1.29, 1.82) is 0 Å². The summed E-state index contributed by atoms with van der Waals surface area (Å²) in [5.41, 5.74) is 8.22. The number of rotatable bonds is 5. The number of primary amides is 1. The number of hydrogen-bond acceptors (Lipinski definition) is 3. The Labute approximate surface area is 210 Å². The lowest BCUT2D eigenvalue weighted by molar-refractivity contribution is -0.167. The fraction of sp³-hybridized carbons (Fsp3) is 0.393. The van der Waals surface area contributed by atoms with Crippen molar-refractivity contribution in [1.82, 2.24) is 14.5 Å². The van der Waals surface area contributed by atoms with Gasteiger partial charge in [-0.15, -0.1) is 0 Å². The van der Waals surface area contributed by atoms with E-state index >= 15 is 0 Å². The summed E-state index contributed by atoms with van der Waals surface area (Å²) in [6, 6.07) is 11.0. The van der Waals surface area contributed by atoms with Gasteiger partial charge in [0, 0.05) is 23.2 Å². The van der Waals surface area contributed by atoms with Gasteiger partial charge in [0.1, 0.15) is 17.6 Å². The van der Waals surface area contributed by atoms with E-state index in [4.69, 9.17) is 5.73 Å². The van der Waals surface area contributed by atoms with Gasteiger partial charge >= 0.3 is 6.18 Å². The average molecular weight is 511 g/mol. The summed E-state index contributed by atoms with van der Waals surface area (Å²) in [7, 11) is 0. The molecule has 0 aliphatic heterocycles. The Bertz CT molecular complexity index is 1500. The molecule has 5 nitrogen and oxygen atoms in total. The van der Waals surface area contributed by atoms with Gasteiger partial charge in [-0.3, -0.25) is 9.78 Å². The number of hydrogen-bond donors (Lipinski definition) is 1. The van der Waals surface area contributed by atoms with Gasteiger partial charge in [-0.05, 0) is 98.4 Å². The highest BCUT2D eigenvalue weighted by Gasteiger charge is 2.50. The van der Waals surface area contributed by atoms with Crippen LogP contribution in [0, 0.1) is 11.7 Å². The van der Waals surface area contributed by atoms with Gasteiger partial charge in [-0.25, -0.2) is 9.37 Å². The maximum absolute atomic E-state index is 14.7. The SMILES string of the molecule is NC(=O)c1ccc2c(c1)nc(C(C1CCC(c3ccnc4ccc(F)cc34)CC1)C(F)(F)F)n2C1CC1. The minimum Gasteiger partial charge on any atom is -0.366 e. The Balaban J connectivity index is 1.34. The van der Waals surface area contributed by atoms with Crippen LogP contribution in [-0.4, -0.2) is 26.6 Å². The van der Waals surface area contributed by atoms with E-state index < -0.39 is 23.9 Å². The van der Waals surface area contributed by atoms with Gasteiger partial charge in [-0.2, -0.15) is 13.2 Å². The lowest BCUT2D eigenvalue weighted by Crippen LogP contribution is -2.33. The topological polar surface area (TPSA) is 73.8 Å². The van der Waals surface area contributed by atoms with Gasteiger partial charge < -0.3 is 10.3 Å². The molecule has 2 aliphatic carbocycles. The molecule has 37 heavy (non-hydrogen) atoms. The van der Waals surface area contributed by atoms with Crippen molar-refractivity contribution in [3.8, 4) is 0 Å². The van der Waals surface area contributed by atoms with Crippen LogP contribution in [0.3, 0.4) is 0 Å². The van der Waals surface area contributed by atoms with Crippen LogP contribution in [0.5, 0.6) is 0 Å². The van der Waals surface area contributed by atoms with Crippen molar-refractivity contribution in [2.45, 2.75) is 62.6 Å². The van der Waals surface area contributed by atoms with E-state index in [1.165, 1.54) is 18.2 Å². The molecule has 192 valence electrons. The minimum absolute atomic E-state index is 0.0151. The third-order valence-electron chi connectivity index (χ3n) is 7.96. The number of carbonyl (C=O) groups is 1. The number of aromatic nitrogens is 3. The number of pyridine rings is 1. The molecule has 2 saturated carbocycles. The second kappa shape index (κ2) is 8.82. The van der Waals surface area contributed by atoms with Crippen LogP contribution in [0.15, 0.2) is 48.7 Å². The lowest BCUT2D eigenvalue weighted by Gasteiger charge is -2.35. The molecule has 2 aliphatic rings. The minimum atomic E-state index is -4.47. The Morgan fingerprint density at radius 3 is 2.41 bits per heavy atom. The number of carbonyl (C=O) groups excluding carboxylic acids is 1. The maximum atomic E-state index is 14.7. The number of amides is 1. The molecule has 2 aromatic heterocycles. The van der Waals surface area contributed by atoms with Crippen molar-refractivity contribution in [3.63, 3.8) is 0 Å². The van der Waals surface area contributed by atoms with E-state index in [-0.39, 0.29) is 29.2 Å². The third kappa shape index (κ3) is 4.34. The predicted molar refractivity (Wildman–Crippen MR) is 132 cm³/mol. The molecule has 4 aromatic rings. The summed E-state index contributed by atoms with van der Waals surface area (Å²) in [5, 5.41) is 0.721. The molecule has 1 atom stereocenters. The summed E-state index contributed by atoms with van der Waals surface area (Å²) in [4.78, 5) is 20.4. The van der Waals surface area contributed by atoms with Crippen LogP contribution in [-0.2, 0) is 0 Å². The summed E-state index contributed by atoms with van der Waals surface area (Å²) in [5.74, 6) is -3.25. The van der Waals surface area contributed by atoms with E-state index in [0.29, 0.717) is 42.2 Å². The first-order chi connectivity index (χ1) is 17.7. The first-order valence-electron chi connectivity index (χ1n) is 12.6. The molecule has 0 saturated heterocycles. The van der Waals surface area contributed by atoms with Crippen LogP contribution < -0.4 is 5.73 Å². The number of fused-ring (bicyclic) bond motifs is 2. The monoisotopic (exact) mass is 510 g/mol. The first kappa shape index (κ1) is 23.9. The standard InChI is InChI=1S/C28H26F4N4O/c29-18-6-9-22-21(14-18)20(11-12-34-22)15-1-3-16(4-2-15)25(28(30,31)32)27-35-23-13-17(26(33)37)5-10-24(23)36(27)19-7-8-19/h5-6,9-16,19,25H,1-4,7-8H2,(H2,33,37). The highest BCUT2D eigenvalue weighted by Crippen LogP contribution is 2.51. The predicted octanol–water partition coefficient (Wildman–Crippen LogP) is 6.78. The summed E-state index contributed by atoms with van der Waals surface area (Å²) in [6.07, 6.45) is 0.731. The molecule has 6 rings (SSSR count). The van der Waals surface area contributed by atoms with Crippen molar-refractivity contribution in [2.24, 2.45) is 11.7 Å². The van der Waals surface area contributed by atoms with Crippen LogP contribution in [0.2, 0.25) is 0 Å². The lowest BCUT2D eigenvalue weighted by atomic mass is 9.73. The fourth-order valence-electron chi connectivity index (χ4n) is 6.09. The number of benzene rings is 2. The quantitative estimate of drug-likeness (QED) is 0.301. The molecule has 2 fully saturated rings. The zero-order valence-electron chi connectivity index (χ0n) is 20.0. The van der Waals surface area contributed by atoms with Crippen LogP contribution in [0.1, 0.15) is 78.1 Å². The number of alkyl halides is 3. The highest BCUT2D eigenvalue weighted by atomic mass is 19.4. The first-order valence-corrected chi connectivity index (χ1v) is 12.6. The van der Waals surface area contributed by atoms with Crippen LogP contribution >= 0.6 is 0 Å². The molecule has 2 heterocycles. The Kier molecular flexibility index (Phi) is 5.69. The van der Waals surface area contributed by atoms with Gasteiger partial charge in [0.05, 0.1) is 16.6 Å². The van der Waals surface area contributed by atoms with Gasteiger partial charge in [0.2, 0.25) is 5.91 Å². The summed E-state index contributed by atoms with van der Waals surface area (Å²) < 4.78 is 59.7. The van der Waals surface area contributed by atoms with Gasteiger partial charge in [0.25, 0.3) is 0 Å². The van der Waals surface area contributed by atoms with Gasteiger partial charge in [-0.1, -0.05) is 0 Å². The van der Waals surface area contributed by atoms with Crippen molar-refractivity contribution >= 4 is 27.8 Å². The van der Waals surface area contributed by atoms with Gasteiger partial charge in [0.15, 0.2) is 0 Å². The normalized spacial score (nSPS) is 21.4. The van der Waals surface area contributed by atoms with E-state index in [0.717, 1.165) is 23.8 Å². The zero-order valence-corrected chi connectivity index (χ0v) is 20.0. The Morgan fingerprint density at radius 1 is 0.973 bits per heavy atom. The molecule has 1 unspecified atom stereocenters. The van der Waals surface area contributed by atoms with E-state index in [1.807, 2.05) is 6.07 Å². The highest BCUT2D eigenvalue weighted by molar-refractivity contribution is 5.96. The third-order valence-corrected chi connectivity index (χ3v) is 7.96. The maximum Gasteiger partial charge on any atom is 0.399 e. The van der Waals surface area contributed by atoms with E-state index in [2.05, 4.69) is 9.97 Å². The molecule has 0 radical (unpaired) electrons. The molecule has 0 bridgehead atoms.